The number of pyridine rings is 1. The molecule has 1 fully saturated rings. The molecule has 1 atom stereocenters. The molecule has 2 aromatic heterocycles. The molecule has 1 aliphatic heterocycles. The number of aromatic nitrogens is 2. The molecule has 1 unspecified atom stereocenters. The molecule has 26 heavy (non-hydrogen) atoms. The molecule has 3 rings (SSSR count). The summed E-state index contributed by atoms with van der Waals surface area (Å²) in [6.45, 7) is 8.00. The first kappa shape index (κ1) is 18.5. The topological polar surface area (TPSA) is 77.7 Å². The van der Waals surface area contributed by atoms with Gasteiger partial charge in [-0.05, 0) is 26.0 Å². The zero-order chi connectivity index (χ0) is 18.5. The minimum atomic E-state index is -0.250. The Morgan fingerprint density at radius 3 is 3.00 bits per heavy atom. The molecule has 140 valence electrons. The summed E-state index contributed by atoms with van der Waals surface area (Å²) in [5.74, 6) is 0.810. The van der Waals surface area contributed by atoms with Gasteiger partial charge in [0.15, 0.2) is 0 Å². The first-order valence-electron chi connectivity index (χ1n) is 9.03. The first-order valence-corrected chi connectivity index (χ1v) is 9.03. The fraction of sp³-hybridized carbons (Fsp3) is 0.526. The maximum atomic E-state index is 12.2. The van der Waals surface area contributed by atoms with E-state index in [0.717, 1.165) is 34.8 Å². The number of hydrogen-bond acceptors (Lipinski definition) is 6. The van der Waals surface area contributed by atoms with Crippen molar-refractivity contribution in [3.8, 4) is 11.3 Å². The smallest absolute Gasteiger partial charge is 0.248 e. The van der Waals surface area contributed by atoms with Crippen LogP contribution in [-0.4, -0.2) is 53.9 Å². The summed E-state index contributed by atoms with van der Waals surface area (Å²) >= 11 is 0. The van der Waals surface area contributed by atoms with Gasteiger partial charge < -0.3 is 18.9 Å². The van der Waals surface area contributed by atoms with E-state index in [1.807, 2.05) is 39.0 Å². The van der Waals surface area contributed by atoms with Gasteiger partial charge in [-0.15, -0.1) is 0 Å². The number of ether oxygens (including phenoxy) is 2. The van der Waals surface area contributed by atoms with Crippen molar-refractivity contribution in [1.82, 2.24) is 15.0 Å². The lowest BCUT2D eigenvalue weighted by Gasteiger charge is -2.32. The van der Waals surface area contributed by atoms with E-state index in [2.05, 4.69) is 5.16 Å². The van der Waals surface area contributed by atoms with Crippen molar-refractivity contribution >= 4 is 5.91 Å². The number of rotatable bonds is 6. The van der Waals surface area contributed by atoms with Crippen LogP contribution >= 0.6 is 0 Å². The second-order valence-corrected chi connectivity index (χ2v) is 6.20. The molecule has 3 heterocycles. The molecule has 0 aromatic carbocycles. The summed E-state index contributed by atoms with van der Waals surface area (Å²) in [5, 5.41) is 4.06. The second-order valence-electron chi connectivity index (χ2n) is 6.20. The summed E-state index contributed by atoms with van der Waals surface area (Å²) in [5.41, 5.74) is 3.39. The number of aryl methyl sites for hydroxylation is 2. The van der Waals surface area contributed by atoms with Crippen LogP contribution in [0, 0.1) is 6.92 Å². The Balaban J connectivity index is 1.79. The molecular formula is C19H25N3O4. The van der Waals surface area contributed by atoms with Crippen LogP contribution in [0.1, 0.15) is 37.1 Å². The van der Waals surface area contributed by atoms with Gasteiger partial charge in [-0.2, -0.15) is 0 Å². The fourth-order valence-corrected chi connectivity index (χ4v) is 3.09. The molecule has 0 aliphatic carbocycles. The van der Waals surface area contributed by atoms with Gasteiger partial charge in [0, 0.05) is 19.6 Å². The average molecular weight is 359 g/mol. The Hall–Kier alpha value is -2.25. The van der Waals surface area contributed by atoms with Gasteiger partial charge in [-0.1, -0.05) is 18.1 Å². The standard InChI is InChI=1S/C19H25N3O4/c1-4-16-19(13(3)21-26-16)15-8-6-7-14(20-15)17-11-22(9-10-25-17)18(23)12-24-5-2/h6-8,17H,4-5,9-12H2,1-3H3. The Morgan fingerprint density at radius 2 is 2.23 bits per heavy atom. The van der Waals surface area contributed by atoms with Gasteiger partial charge in [-0.25, -0.2) is 4.98 Å². The Labute approximate surface area is 153 Å². The van der Waals surface area contributed by atoms with Crippen molar-refractivity contribution in [3.63, 3.8) is 0 Å². The molecule has 2 aromatic rings. The highest BCUT2D eigenvalue weighted by atomic mass is 16.5. The average Bonchev–Trinajstić information content (AvgIpc) is 3.07. The molecule has 0 spiro atoms. The lowest BCUT2D eigenvalue weighted by Crippen LogP contribution is -2.44. The number of carbonyl (C=O) groups is 1. The van der Waals surface area contributed by atoms with E-state index in [1.165, 1.54) is 0 Å². The number of amides is 1. The van der Waals surface area contributed by atoms with E-state index in [1.54, 1.807) is 4.90 Å². The van der Waals surface area contributed by atoms with Crippen LogP contribution in [0.2, 0.25) is 0 Å². The van der Waals surface area contributed by atoms with Crippen LogP contribution in [0.4, 0.5) is 0 Å². The molecule has 1 amide bonds. The second kappa shape index (κ2) is 8.42. The third-order valence-corrected chi connectivity index (χ3v) is 4.46. The van der Waals surface area contributed by atoms with Gasteiger partial charge in [0.2, 0.25) is 5.91 Å². The predicted molar refractivity (Wildman–Crippen MR) is 95.6 cm³/mol. The highest BCUT2D eigenvalue weighted by Gasteiger charge is 2.27. The van der Waals surface area contributed by atoms with Crippen molar-refractivity contribution in [2.75, 3.05) is 32.9 Å². The highest BCUT2D eigenvalue weighted by Crippen LogP contribution is 2.28. The number of nitrogens with zero attached hydrogens (tertiary/aromatic N) is 3. The van der Waals surface area contributed by atoms with E-state index in [0.29, 0.717) is 26.3 Å². The zero-order valence-corrected chi connectivity index (χ0v) is 15.5. The third kappa shape index (κ3) is 3.94. The monoisotopic (exact) mass is 359 g/mol. The van der Waals surface area contributed by atoms with Gasteiger partial charge in [0.1, 0.15) is 18.5 Å². The van der Waals surface area contributed by atoms with Crippen LogP contribution < -0.4 is 0 Å². The summed E-state index contributed by atoms with van der Waals surface area (Å²) < 4.78 is 16.5. The minimum Gasteiger partial charge on any atom is -0.372 e. The summed E-state index contributed by atoms with van der Waals surface area (Å²) in [6.07, 6.45) is 0.501. The Morgan fingerprint density at radius 1 is 1.38 bits per heavy atom. The predicted octanol–water partition coefficient (Wildman–Crippen LogP) is 2.54. The van der Waals surface area contributed by atoms with Crippen LogP contribution in [0.3, 0.4) is 0 Å². The molecule has 0 N–H and O–H groups in total. The van der Waals surface area contributed by atoms with Crippen molar-refractivity contribution in [2.24, 2.45) is 0 Å². The number of hydrogen-bond donors (Lipinski definition) is 0. The number of morpholine rings is 1. The molecule has 1 aliphatic rings. The van der Waals surface area contributed by atoms with Crippen molar-refractivity contribution in [1.29, 1.82) is 0 Å². The molecule has 7 heteroatoms. The molecule has 0 saturated carbocycles. The fourth-order valence-electron chi connectivity index (χ4n) is 3.09. The lowest BCUT2D eigenvalue weighted by atomic mass is 10.1. The Bertz CT molecular complexity index is 759. The van der Waals surface area contributed by atoms with Crippen LogP contribution in [0.5, 0.6) is 0 Å². The van der Waals surface area contributed by atoms with Crippen LogP contribution in [0.15, 0.2) is 22.7 Å². The summed E-state index contributed by atoms with van der Waals surface area (Å²) in [7, 11) is 0. The summed E-state index contributed by atoms with van der Waals surface area (Å²) in [4.78, 5) is 18.8. The van der Waals surface area contributed by atoms with Gasteiger partial charge >= 0.3 is 0 Å². The molecule has 1 saturated heterocycles. The Kier molecular flexibility index (Phi) is 6.00. The molecular weight excluding hydrogens is 334 g/mol. The first-order chi connectivity index (χ1) is 12.6. The van der Waals surface area contributed by atoms with E-state index in [-0.39, 0.29) is 18.6 Å². The zero-order valence-electron chi connectivity index (χ0n) is 15.5. The van der Waals surface area contributed by atoms with E-state index < -0.39 is 0 Å². The van der Waals surface area contributed by atoms with Crippen molar-refractivity contribution in [2.45, 2.75) is 33.3 Å². The SMILES string of the molecule is CCOCC(=O)N1CCOC(c2cccc(-c3c(C)noc3CC)n2)C1. The maximum absolute atomic E-state index is 12.2. The van der Waals surface area contributed by atoms with Crippen molar-refractivity contribution < 1.29 is 18.8 Å². The van der Waals surface area contributed by atoms with Crippen molar-refractivity contribution in [3.05, 3.63) is 35.3 Å². The maximum Gasteiger partial charge on any atom is 0.248 e. The summed E-state index contributed by atoms with van der Waals surface area (Å²) in [6, 6.07) is 5.83. The molecule has 0 radical (unpaired) electrons. The van der Waals surface area contributed by atoms with Gasteiger partial charge in [-0.3, -0.25) is 4.79 Å². The third-order valence-electron chi connectivity index (χ3n) is 4.46. The van der Waals surface area contributed by atoms with E-state index in [4.69, 9.17) is 19.0 Å². The van der Waals surface area contributed by atoms with E-state index in [9.17, 15) is 4.79 Å². The van der Waals surface area contributed by atoms with Gasteiger partial charge in [0.25, 0.3) is 0 Å². The van der Waals surface area contributed by atoms with Gasteiger partial charge in [0.05, 0.1) is 35.8 Å². The quantitative estimate of drug-likeness (QED) is 0.789. The normalized spacial score (nSPS) is 17.5. The highest BCUT2D eigenvalue weighted by molar-refractivity contribution is 5.77. The van der Waals surface area contributed by atoms with Crippen LogP contribution in [0.25, 0.3) is 11.3 Å². The minimum absolute atomic E-state index is 0.0144. The van der Waals surface area contributed by atoms with E-state index >= 15 is 0 Å². The molecule has 0 bridgehead atoms. The molecule has 7 nitrogen and oxygen atoms in total. The largest absolute Gasteiger partial charge is 0.372 e. The lowest BCUT2D eigenvalue weighted by molar-refractivity contribution is -0.143. The number of carbonyl (C=O) groups excluding carboxylic acids is 1. The van der Waals surface area contributed by atoms with Crippen LogP contribution in [-0.2, 0) is 20.7 Å².